The van der Waals surface area contributed by atoms with Crippen LogP contribution in [-0.2, 0) is 19.4 Å². The Morgan fingerprint density at radius 3 is 2.38 bits per heavy atom. The molecule has 0 aliphatic carbocycles. The van der Waals surface area contributed by atoms with Gasteiger partial charge in [-0.3, -0.25) is 9.48 Å². The second kappa shape index (κ2) is 4.21. The second-order valence-electron chi connectivity index (χ2n) is 2.95. The molecule has 0 atom stereocenters. The van der Waals surface area contributed by atoms with E-state index in [1.165, 1.54) is 0 Å². The van der Waals surface area contributed by atoms with Crippen molar-refractivity contribution in [1.82, 2.24) is 9.78 Å². The summed E-state index contributed by atoms with van der Waals surface area (Å²) < 4.78 is 1.92. The zero-order valence-corrected chi connectivity index (χ0v) is 8.50. The fraction of sp³-hybridized carbons (Fsp3) is 0.600. The summed E-state index contributed by atoms with van der Waals surface area (Å²) in [5.41, 5.74) is 2.79. The number of carbonyl (C=O) groups is 1. The SMILES string of the molecule is CCc1nn(CC)c(CC)c1C=O. The van der Waals surface area contributed by atoms with E-state index in [2.05, 4.69) is 12.0 Å². The van der Waals surface area contributed by atoms with Crippen LogP contribution in [0, 0.1) is 0 Å². The minimum Gasteiger partial charge on any atom is -0.298 e. The van der Waals surface area contributed by atoms with Gasteiger partial charge in [0.25, 0.3) is 0 Å². The molecule has 0 spiro atoms. The van der Waals surface area contributed by atoms with Gasteiger partial charge in [-0.05, 0) is 19.8 Å². The highest BCUT2D eigenvalue weighted by molar-refractivity contribution is 5.78. The summed E-state index contributed by atoms with van der Waals surface area (Å²) in [4.78, 5) is 10.8. The lowest BCUT2D eigenvalue weighted by Gasteiger charge is -2.00. The summed E-state index contributed by atoms with van der Waals surface area (Å²) in [6, 6.07) is 0. The van der Waals surface area contributed by atoms with Crippen molar-refractivity contribution in [2.45, 2.75) is 40.2 Å². The van der Waals surface area contributed by atoms with Gasteiger partial charge in [0.05, 0.1) is 11.3 Å². The number of nitrogens with zero attached hydrogens (tertiary/aromatic N) is 2. The first kappa shape index (κ1) is 9.96. The molecule has 0 bridgehead atoms. The molecule has 0 aliphatic rings. The second-order valence-corrected chi connectivity index (χ2v) is 2.95. The van der Waals surface area contributed by atoms with E-state index < -0.39 is 0 Å². The number of hydrogen-bond acceptors (Lipinski definition) is 2. The van der Waals surface area contributed by atoms with Crippen LogP contribution in [0.1, 0.15) is 42.5 Å². The Hall–Kier alpha value is -1.12. The highest BCUT2D eigenvalue weighted by Crippen LogP contribution is 2.13. The number of hydrogen-bond donors (Lipinski definition) is 0. The molecule has 0 saturated heterocycles. The molecule has 0 radical (unpaired) electrons. The van der Waals surface area contributed by atoms with Crippen LogP contribution < -0.4 is 0 Å². The Balaban J connectivity index is 3.25. The van der Waals surface area contributed by atoms with E-state index in [0.717, 1.165) is 42.6 Å². The molecular formula is C10H16N2O. The van der Waals surface area contributed by atoms with Crippen LogP contribution in [0.3, 0.4) is 0 Å². The maximum atomic E-state index is 10.8. The van der Waals surface area contributed by atoms with Crippen LogP contribution in [0.5, 0.6) is 0 Å². The van der Waals surface area contributed by atoms with E-state index in [-0.39, 0.29) is 0 Å². The van der Waals surface area contributed by atoms with Gasteiger partial charge in [0, 0.05) is 12.2 Å². The van der Waals surface area contributed by atoms with Gasteiger partial charge in [-0.1, -0.05) is 13.8 Å². The maximum Gasteiger partial charge on any atom is 0.153 e. The van der Waals surface area contributed by atoms with Gasteiger partial charge in [0.2, 0.25) is 0 Å². The molecule has 72 valence electrons. The highest BCUT2D eigenvalue weighted by atomic mass is 16.1. The first-order valence-corrected chi connectivity index (χ1v) is 4.82. The molecule has 13 heavy (non-hydrogen) atoms. The van der Waals surface area contributed by atoms with E-state index in [9.17, 15) is 4.79 Å². The van der Waals surface area contributed by atoms with E-state index in [0.29, 0.717) is 0 Å². The van der Waals surface area contributed by atoms with Gasteiger partial charge in [-0.25, -0.2) is 0 Å². The number of rotatable bonds is 4. The van der Waals surface area contributed by atoms with E-state index in [1.54, 1.807) is 0 Å². The largest absolute Gasteiger partial charge is 0.298 e. The predicted octanol–water partition coefficient (Wildman–Crippen LogP) is 1.84. The Morgan fingerprint density at radius 2 is 2.00 bits per heavy atom. The minimum absolute atomic E-state index is 0.798. The minimum atomic E-state index is 0.798. The third kappa shape index (κ3) is 1.64. The molecule has 0 N–H and O–H groups in total. The topological polar surface area (TPSA) is 34.9 Å². The van der Waals surface area contributed by atoms with Gasteiger partial charge in [0.1, 0.15) is 0 Å². The van der Waals surface area contributed by atoms with Crippen molar-refractivity contribution in [3.63, 3.8) is 0 Å². The lowest BCUT2D eigenvalue weighted by Crippen LogP contribution is -2.02. The van der Waals surface area contributed by atoms with Crippen molar-refractivity contribution in [1.29, 1.82) is 0 Å². The molecule has 0 fully saturated rings. The standard InChI is InChI=1S/C10H16N2O/c1-4-9-8(7-13)10(5-2)12(6-3)11-9/h7H,4-6H2,1-3H3. The molecule has 1 aromatic heterocycles. The van der Waals surface area contributed by atoms with Crippen molar-refractivity contribution in [3.8, 4) is 0 Å². The highest BCUT2D eigenvalue weighted by Gasteiger charge is 2.12. The Kier molecular flexibility index (Phi) is 3.23. The number of aldehydes is 1. The summed E-state index contributed by atoms with van der Waals surface area (Å²) in [6.07, 6.45) is 2.62. The maximum absolute atomic E-state index is 10.8. The normalized spacial score (nSPS) is 10.4. The van der Waals surface area contributed by atoms with Crippen LogP contribution in [-0.4, -0.2) is 16.1 Å². The summed E-state index contributed by atoms with van der Waals surface area (Å²) >= 11 is 0. The Morgan fingerprint density at radius 1 is 1.31 bits per heavy atom. The lowest BCUT2D eigenvalue weighted by atomic mass is 10.1. The summed E-state index contributed by atoms with van der Waals surface area (Å²) in [6.45, 7) is 6.95. The molecule has 0 saturated carbocycles. The third-order valence-electron chi connectivity index (χ3n) is 2.26. The first-order chi connectivity index (χ1) is 6.28. The summed E-state index contributed by atoms with van der Waals surface area (Å²) in [5.74, 6) is 0. The van der Waals surface area contributed by atoms with Crippen molar-refractivity contribution in [2.24, 2.45) is 0 Å². The van der Waals surface area contributed by atoms with Gasteiger partial charge in [-0.2, -0.15) is 5.10 Å². The van der Waals surface area contributed by atoms with Crippen LogP contribution in [0.25, 0.3) is 0 Å². The Labute approximate surface area is 78.8 Å². The van der Waals surface area contributed by atoms with Crippen molar-refractivity contribution < 1.29 is 4.79 Å². The summed E-state index contributed by atoms with van der Waals surface area (Å²) in [5, 5.41) is 4.37. The van der Waals surface area contributed by atoms with E-state index in [1.807, 2.05) is 18.5 Å². The number of carbonyl (C=O) groups excluding carboxylic acids is 1. The van der Waals surface area contributed by atoms with Crippen LogP contribution in [0.2, 0.25) is 0 Å². The fourth-order valence-electron chi connectivity index (χ4n) is 1.60. The van der Waals surface area contributed by atoms with Gasteiger partial charge < -0.3 is 0 Å². The van der Waals surface area contributed by atoms with E-state index in [4.69, 9.17) is 0 Å². The molecule has 0 unspecified atom stereocenters. The molecule has 1 heterocycles. The zero-order valence-electron chi connectivity index (χ0n) is 8.50. The first-order valence-electron chi connectivity index (χ1n) is 4.82. The molecule has 3 heteroatoms. The fourth-order valence-corrected chi connectivity index (χ4v) is 1.60. The van der Waals surface area contributed by atoms with Gasteiger partial charge >= 0.3 is 0 Å². The summed E-state index contributed by atoms with van der Waals surface area (Å²) in [7, 11) is 0. The molecule has 1 aromatic rings. The van der Waals surface area contributed by atoms with Crippen molar-refractivity contribution in [2.75, 3.05) is 0 Å². The smallest absolute Gasteiger partial charge is 0.153 e. The van der Waals surface area contributed by atoms with Gasteiger partial charge in [0.15, 0.2) is 6.29 Å². The molecule has 1 rings (SSSR count). The van der Waals surface area contributed by atoms with Crippen molar-refractivity contribution in [3.05, 3.63) is 17.0 Å². The average Bonchev–Trinajstić information content (AvgIpc) is 2.54. The molecule has 0 aromatic carbocycles. The average molecular weight is 180 g/mol. The quantitative estimate of drug-likeness (QED) is 0.663. The third-order valence-corrected chi connectivity index (χ3v) is 2.26. The predicted molar refractivity (Wildman–Crippen MR) is 52.0 cm³/mol. The number of aromatic nitrogens is 2. The molecule has 0 aliphatic heterocycles. The van der Waals surface area contributed by atoms with Crippen molar-refractivity contribution >= 4 is 6.29 Å². The van der Waals surface area contributed by atoms with Crippen LogP contribution in [0.15, 0.2) is 0 Å². The lowest BCUT2D eigenvalue weighted by molar-refractivity contribution is 0.112. The molecule has 0 amide bonds. The van der Waals surface area contributed by atoms with Gasteiger partial charge in [-0.15, -0.1) is 0 Å². The van der Waals surface area contributed by atoms with Crippen LogP contribution >= 0.6 is 0 Å². The van der Waals surface area contributed by atoms with E-state index >= 15 is 0 Å². The zero-order chi connectivity index (χ0) is 9.84. The Bertz CT molecular complexity index is 302. The number of aryl methyl sites for hydroxylation is 2. The molecule has 3 nitrogen and oxygen atoms in total. The van der Waals surface area contributed by atoms with Crippen LogP contribution in [0.4, 0.5) is 0 Å². The monoisotopic (exact) mass is 180 g/mol. The molecular weight excluding hydrogens is 164 g/mol.